The third kappa shape index (κ3) is 8.00. The van der Waals surface area contributed by atoms with Crippen LogP contribution in [0.1, 0.15) is 49.7 Å². The maximum Gasteiger partial charge on any atom is 0.289 e. The van der Waals surface area contributed by atoms with E-state index >= 15 is 0 Å². The van der Waals surface area contributed by atoms with Gasteiger partial charge in [-0.15, -0.1) is 0 Å². The zero-order valence-electron chi connectivity index (χ0n) is 34.2. The van der Waals surface area contributed by atoms with Crippen LogP contribution >= 0.6 is 0 Å². The smallest absolute Gasteiger partial charge is 0.289 e. The molecule has 1 amide bonds. The molecule has 308 valence electrons. The van der Waals surface area contributed by atoms with Gasteiger partial charge in [0.25, 0.3) is 6.67 Å². The Morgan fingerprint density at radius 1 is 0.623 bits per heavy atom. The van der Waals surface area contributed by atoms with Crippen LogP contribution in [0.4, 0.5) is 11.4 Å². The first-order valence-electron chi connectivity index (χ1n) is 21.1. The number of rotatable bonds is 9. The number of aromatic nitrogens is 2. The highest BCUT2D eigenvalue weighted by atomic mass is 16.5. The van der Waals surface area contributed by atoms with E-state index in [0.29, 0.717) is 44.7 Å². The largest absolute Gasteiger partial charge is 0.474 e. The molecule has 11 heteroatoms. The summed E-state index contributed by atoms with van der Waals surface area (Å²) in [5.41, 5.74) is 30.1. The lowest BCUT2D eigenvalue weighted by atomic mass is 9.72. The van der Waals surface area contributed by atoms with Gasteiger partial charge >= 0.3 is 0 Å². The molecule has 2 aliphatic heterocycles. The quantitative estimate of drug-likeness (QED) is 0.123. The van der Waals surface area contributed by atoms with Gasteiger partial charge in [0, 0.05) is 33.3 Å². The van der Waals surface area contributed by atoms with E-state index in [0.717, 1.165) is 81.8 Å². The number of fused-ring (bicyclic) bond motifs is 2. The van der Waals surface area contributed by atoms with E-state index in [9.17, 15) is 4.79 Å². The number of benzene rings is 4. The van der Waals surface area contributed by atoms with Crippen molar-refractivity contribution in [1.82, 2.24) is 9.97 Å². The van der Waals surface area contributed by atoms with Crippen LogP contribution in [0.25, 0.3) is 49.6 Å². The molecular weight excluding hydrogens is 761 g/mol. The summed E-state index contributed by atoms with van der Waals surface area (Å²) in [7, 11) is 0. The van der Waals surface area contributed by atoms with Gasteiger partial charge in [-0.05, 0) is 72.9 Å². The minimum absolute atomic E-state index is 0.138. The third-order valence-corrected chi connectivity index (χ3v) is 12.5. The summed E-state index contributed by atoms with van der Waals surface area (Å²) in [4.78, 5) is 28.9. The second kappa shape index (κ2) is 16.7. The fourth-order valence-electron chi connectivity index (χ4n) is 8.70. The maximum absolute atomic E-state index is 11.6. The van der Waals surface area contributed by atoms with Crippen molar-refractivity contribution >= 4 is 17.3 Å². The zero-order valence-corrected chi connectivity index (χ0v) is 34.2. The first-order chi connectivity index (χ1) is 29.7. The lowest BCUT2D eigenvalue weighted by molar-refractivity contribution is -0.116. The summed E-state index contributed by atoms with van der Waals surface area (Å²) in [6.45, 7) is 10.0. The number of pyridine rings is 2. The number of carbonyl (C=O) groups excluding carboxylic acids is 1. The Hall–Kier alpha value is -6.74. The summed E-state index contributed by atoms with van der Waals surface area (Å²) >= 11 is 0. The van der Waals surface area contributed by atoms with E-state index in [1.54, 1.807) is 0 Å². The highest BCUT2D eigenvalue weighted by molar-refractivity contribution is 5.87. The molecule has 2 saturated carbocycles. The second-order valence-corrected chi connectivity index (χ2v) is 16.5. The van der Waals surface area contributed by atoms with Gasteiger partial charge in [-0.3, -0.25) is 14.5 Å². The van der Waals surface area contributed by atoms with Crippen molar-refractivity contribution in [3.8, 4) is 56.5 Å². The van der Waals surface area contributed by atoms with Crippen LogP contribution < -0.4 is 36.5 Å². The Balaban J connectivity index is 0.000000156. The molecule has 0 radical (unpaired) electrons. The predicted octanol–water partition coefficient (Wildman–Crippen LogP) is 8.27. The Kier molecular flexibility index (Phi) is 10.9. The van der Waals surface area contributed by atoms with Crippen LogP contribution in [0.2, 0.25) is 0 Å². The normalized spacial score (nSPS) is 16.7. The number of hydrogen-bond donors (Lipinski definition) is 3. The number of amides is 1. The fourth-order valence-corrected chi connectivity index (χ4v) is 8.70. The summed E-state index contributed by atoms with van der Waals surface area (Å²) in [5.74, 6) is 0.749. The molecule has 6 aromatic rings. The van der Waals surface area contributed by atoms with Gasteiger partial charge in [-0.25, -0.2) is 16.5 Å². The monoisotopic (exact) mass is 810 g/mol. The minimum atomic E-state index is -0.375. The molecule has 61 heavy (non-hydrogen) atoms. The van der Waals surface area contributed by atoms with Gasteiger partial charge in [0.1, 0.15) is 24.6 Å². The number of primary amides is 1. The Morgan fingerprint density at radius 2 is 1.05 bits per heavy atom. The minimum Gasteiger partial charge on any atom is -0.474 e. The molecule has 4 aromatic carbocycles. The molecule has 0 saturated heterocycles. The van der Waals surface area contributed by atoms with Crippen molar-refractivity contribution in [1.29, 1.82) is 0 Å². The van der Waals surface area contributed by atoms with Crippen molar-refractivity contribution in [2.24, 2.45) is 17.2 Å². The van der Waals surface area contributed by atoms with E-state index in [2.05, 4.69) is 89.8 Å². The average molecular weight is 811 g/mol. The fraction of sp³-hybridized carbons (Fsp3) is 0.280. The third-order valence-electron chi connectivity index (χ3n) is 12.5. The van der Waals surface area contributed by atoms with Gasteiger partial charge in [0.15, 0.2) is 0 Å². The van der Waals surface area contributed by atoms with E-state index < -0.39 is 0 Å². The van der Waals surface area contributed by atoms with Gasteiger partial charge < -0.3 is 31.6 Å². The molecule has 4 aliphatic rings. The Bertz CT molecular complexity index is 2570. The van der Waals surface area contributed by atoms with E-state index in [-0.39, 0.29) is 23.5 Å². The van der Waals surface area contributed by atoms with Crippen LogP contribution in [0, 0.1) is 6.57 Å². The molecule has 0 bridgehead atoms. The molecule has 2 fully saturated rings. The lowest BCUT2D eigenvalue weighted by Gasteiger charge is -2.38. The lowest BCUT2D eigenvalue weighted by Crippen LogP contribution is -2.43. The van der Waals surface area contributed by atoms with Gasteiger partial charge in [0.2, 0.25) is 17.7 Å². The number of hydrogen-bond acceptors (Lipinski definition) is 9. The maximum atomic E-state index is 11.6. The summed E-state index contributed by atoms with van der Waals surface area (Å²) in [5, 5.41) is 0. The van der Waals surface area contributed by atoms with Crippen LogP contribution in [-0.4, -0.2) is 55.4 Å². The molecule has 6 N–H and O–H groups in total. The molecule has 0 unspecified atom stereocenters. The molecule has 11 nitrogen and oxygen atoms in total. The number of carbonyl (C=O) groups is 1. The van der Waals surface area contributed by atoms with Crippen LogP contribution in [0.3, 0.4) is 0 Å². The van der Waals surface area contributed by atoms with Gasteiger partial charge in [-0.1, -0.05) is 109 Å². The van der Waals surface area contributed by atoms with E-state index in [1.165, 1.54) is 24.0 Å². The van der Waals surface area contributed by atoms with E-state index in [1.807, 2.05) is 46.2 Å². The Labute approximate surface area is 357 Å². The van der Waals surface area contributed by atoms with Gasteiger partial charge in [-0.2, -0.15) is 0 Å². The van der Waals surface area contributed by atoms with Crippen molar-refractivity contribution < 1.29 is 14.3 Å². The Morgan fingerprint density at radius 3 is 1.44 bits per heavy atom. The van der Waals surface area contributed by atoms with Crippen molar-refractivity contribution in [3.05, 3.63) is 144 Å². The predicted molar refractivity (Wildman–Crippen MR) is 241 cm³/mol. The molecular formula is C50H50N8O3. The number of anilines is 2. The summed E-state index contributed by atoms with van der Waals surface area (Å²) in [6.07, 6.45) is 6.53. The molecule has 4 heterocycles. The summed E-state index contributed by atoms with van der Waals surface area (Å²) < 4.78 is 11.7. The van der Waals surface area contributed by atoms with E-state index in [4.69, 9.17) is 43.2 Å². The molecule has 2 aliphatic carbocycles. The molecule has 0 spiro atoms. The number of nitrogens with zero attached hydrogens (tertiary/aromatic N) is 5. The highest BCUT2D eigenvalue weighted by Gasteiger charge is 2.35. The first kappa shape index (κ1) is 39.7. The SMILES string of the molecule is NC(=O)CN1CCOc2nc(-c3ccc(C4(N)CCC4)cc3)c(-c3ccccc3)cc21.[C-]#[N+]CN1CCOc2nc(-c3ccc(C4(N)CCC4)cc3)c(-c3ccccc3)cc21. The van der Waals surface area contributed by atoms with Crippen molar-refractivity contribution in [2.45, 2.75) is 49.6 Å². The first-order valence-corrected chi connectivity index (χ1v) is 21.1. The number of nitrogens with two attached hydrogens (primary N) is 3. The highest BCUT2D eigenvalue weighted by Crippen LogP contribution is 2.44. The van der Waals surface area contributed by atoms with Crippen LogP contribution in [0.5, 0.6) is 11.8 Å². The zero-order chi connectivity index (χ0) is 42.0. The standard InChI is InChI=1S/C25H26N4O2.C25H24N4O/c26-22(30)16-29-13-14-31-24-21(29)15-20(17-5-2-1-3-6-17)23(28-24)18-7-9-19(10-8-18)25(27)11-4-12-25;1-27-17-29-14-15-30-24-22(29)16-21(18-6-3-2-4-7-18)23(28-24)19-8-10-20(11-9-19)25(26)12-5-13-25/h1-3,5-10,15H,4,11-14,16,27H2,(H2,26,30);2-4,6-11,16H,5,12-15,17,26H2. The topological polar surface area (TPSA) is 150 Å². The van der Waals surface area contributed by atoms with Crippen molar-refractivity contribution in [2.75, 3.05) is 49.3 Å². The van der Waals surface area contributed by atoms with Crippen LogP contribution in [0.15, 0.2) is 121 Å². The number of ether oxygens (including phenoxy) is 2. The molecule has 0 atom stereocenters. The van der Waals surface area contributed by atoms with Crippen LogP contribution in [-0.2, 0) is 15.9 Å². The van der Waals surface area contributed by atoms with Crippen molar-refractivity contribution in [3.63, 3.8) is 0 Å². The molecule has 10 rings (SSSR count). The van der Waals surface area contributed by atoms with Gasteiger partial charge in [0.05, 0.1) is 31.0 Å². The second-order valence-electron chi connectivity index (χ2n) is 16.5. The average Bonchev–Trinajstić information content (AvgIpc) is 3.28. The summed E-state index contributed by atoms with van der Waals surface area (Å²) in [6, 6.07) is 41.5. The molecule has 2 aromatic heterocycles.